The second-order valence-corrected chi connectivity index (χ2v) is 26.4. The predicted molar refractivity (Wildman–Crippen MR) is 418 cm³/mol. The Morgan fingerprint density at radius 2 is 0.649 bits per heavy atom. The molecule has 0 saturated carbocycles. The second kappa shape index (κ2) is 74.0. The molecule has 1 fully saturated rings. The summed E-state index contributed by atoms with van der Waals surface area (Å²) in [5.41, 5.74) is 0. The maximum Gasteiger partial charge on any atom is 0.220 e. The fourth-order valence-electron chi connectivity index (χ4n) is 11.3. The molecule has 6 N–H and O–H groups in total. The normalized spacial score (nSPS) is 18.4. The zero-order chi connectivity index (χ0) is 69.9. The SMILES string of the molecule is CC/C=C\C/C=C\C/C=C\C/C=C\C/C=C\C/C=C\C/C=C\C/C=C\C/C=C\C/C=C\C/C=C\C/C=C\CCCCCCC(=O)NC(COC1OC(CO)C(O)C(O)C1O)C(O)/C=C/CC/C=C/CC/C=C/CCCCCCCCCCCCCCCCCCCCCCCCC. The minimum atomic E-state index is -1.59. The topological polar surface area (TPSA) is 149 Å². The number of carbonyl (C=O) groups is 1. The zero-order valence-corrected chi connectivity index (χ0v) is 61.8. The number of aliphatic hydroxyl groups excluding tert-OH is 5. The van der Waals surface area contributed by atoms with Crippen LogP contribution in [0.3, 0.4) is 0 Å². The first-order chi connectivity index (χ1) is 47.8. The molecule has 97 heavy (non-hydrogen) atoms. The van der Waals surface area contributed by atoms with Crippen molar-refractivity contribution in [1.29, 1.82) is 0 Å². The number of ether oxygens (including phenoxy) is 2. The summed E-state index contributed by atoms with van der Waals surface area (Å²) in [5.74, 6) is -0.220. The largest absolute Gasteiger partial charge is 0.394 e. The Kier molecular flexibility index (Phi) is 68.9. The van der Waals surface area contributed by atoms with Gasteiger partial charge in [-0.15, -0.1) is 0 Å². The van der Waals surface area contributed by atoms with Gasteiger partial charge in [-0.05, 0) is 135 Å². The summed E-state index contributed by atoms with van der Waals surface area (Å²) in [7, 11) is 0. The van der Waals surface area contributed by atoms with Gasteiger partial charge in [0.1, 0.15) is 24.4 Å². The number of hydrogen-bond donors (Lipinski definition) is 6. The number of amides is 1. The fraction of sp³-hybridized carbons (Fsp3) is 0.648. The molecule has 7 unspecified atom stereocenters. The second-order valence-electron chi connectivity index (χ2n) is 26.4. The Balaban J connectivity index is 2.19. The summed E-state index contributed by atoms with van der Waals surface area (Å²) in [6.45, 7) is 3.65. The summed E-state index contributed by atoms with van der Waals surface area (Å²) in [4.78, 5) is 13.1. The molecule has 1 rings (SSSR count). The molecule has 1 aliphatic heterocycles. The number of unbranched alkanes of at least 4 members (excludes halogenated alkanes) is 29. The smallest absolute Gasteiger partial charge is 0.220 e. The molecule has 1 saturated heterocycles. The first kappa shape index (κ1) is 90.3. The summed E-state index contributed by atoms with van der Waals surface area (Å²) < 4.78 is 11.3. The van der Waals surface area contributed by atoms with Crippen LogP contribution in [-0.2, 0) is 14.3 Å². The Morgan fingerprint density at radius 3 is 0.990 bits per heavy atom. The highest BCUT2D eigenvalue weighted by atomic mass is 16.7. The Hall–Kier alpha value is -4.71. The monoisotopic (exact) mass is 1340 g/mol. The third kappa shape index (κ3) is 62.1. The molecule has 9 nitrogen and oxygen atoms in total. The highest BCUT2D eigenvalue weighted by Gasteiger charge is 2.44. The number of carbonyl (C=O) groups excluding carboxylic acids is 1. The van der Waals surface area contributed by atoms with Crippen molar-refractivity contribution in [1.82, 2.24) is 5.32 Å². The van der Waals surface area contributed by atoms with Crippen LogP contribution >= 0.6 is 0 Å². The van der Waals surface area contributed by atoms with Crippen LogP contribution in [0, 0.1) is 0 Å². The van der Waals surface area contributed by atoms with Gasteiger partial charge in [0.25, 0.3) is 0 Å². The molecule has 1 amide bonds. The number of hydrogen-bond acceptors (Lipinski definition) is 8. The van der Waals surface area contributed by atoms with E-state index in [1.807, 2.05) is 6.08 Å². The summed E-state index contributed by atoms with van der Waals surface area (Å²) in [6, 6.07) is -0.859. The number of allylic oxidation sites excluding steroid dienone is 29. The van der Waals surface area contributed by atoms with Crippen LogP contribution in [0.5, 0.6) is 0 Å². The van der Waals surface area contributed by atoms with Gasteiger partial charge in [-0.3, -0.25) is 4.79 Å². The molecule has 0 bridgehead atoms. The van der Waals surface area contributed by atoms with Gasteiger partial charge < -0.3 is 40.3 Å². The van der Waals surface area contributed by atoms with E-state index >= 15 is 0 Å². The van der Waals surface area contributed by atoms with Crippen molar-refractivity contribution in [2.45, 2.75) is 352 Å². The van der Waals surface area contributed by atoms with E-state index in [0.29, 0.717) is 19.3 Å². The van der Waals surface area contributed by atoms with Crippen LogP contribution in [0.2, 0.25) is 0 Å². The first-order valence-electron chi connectivity index (χ1n) is 39.5. The van der Waals surface area contributed by atoms with Crippen molar-refractivity contribution < 1.29 is 39.8 Å². The van der Waals surface area contributed by atoms with Gasteiger partial charge in [0.15, 0.2) is 6.29 Å². The summed E-state index contributed by atoms with van der Waals surface area (Å²) in [6.07, 6.45) is 112. The molecule has 7 atom stereocenters. The van der Waals surface area contributed by atoms with E-state index in [1.54, 1.807) is 6.08 Å². The van der Waals surface area contributed by atoms with Crippen molar-refractivity contribution >= 4 is 5.91 Å². The third-order valence-corrected chi connectivity index (χ3v) is 17.4. The van der Waals surface area contributed by atoms with Crippen molar-refractivity contribution in [3.05, 3.63) is 182 Å². The maximum atomic E-state index is 13.1. The lowest BCUT2D eigenvalue weighted by molar-refractivity contribution is -0.302. The Labute approximate surface area is 595 Å². The van der Waals surface area contributed by atoms with Gasteiger partial charge in [-0.2, -0.15) is 0 Å². The predicted octanol–water partition coefficient (Wildman–Crippen LogP) is 23.0. The lowest BCUT2D eigenvalue weighted by Crippen LogP contribution is -2.60. The van der Waals surface area contributed by atoms with Gasteiger partial charge in [0.05, 0.1) is 25.4 Å². The first-order valence-corrected chi connectivity index (χ1v) is 39.5. The molecular weight excluding hydrogens is 1200 g/mol. The molecule has 0 spiro atoms. The fourth-order valence-corrected chi connectivity index (χ4v) is 11.3. The minimum Gasteiger partial charge on any atom is -0.394 e. The Bertz CT molecular complexity index is 2200. The number of aliphatic hydroxyl groups is 5. The molecule has 0 aromatic rings. The Morgan fingerprint density at radius 1 is 0.361 bits per heavy atom. The van der Waals surface area contributed by atoms with Crippen LogP contribution in [0.1, 0.15) is 309 Å². The molecule has 0 aromatic carbocycles. The molecular formula is C88H145NO8. The van der Waals surface area contributed by atoms with Gasteiger partial charge in [0, 0.05) is 6.42 Å². The molecule has 9 heteroatoms. The van der Waals surface area contributed by atoms with E-state index in [0.717, 1.165) is 128 Å². The van der Waals surface area contributed by atoms with Gasteiger partial charge in [-0.1, -0.05) is 350 Å². The number of nitrogens with one attached hydrogen (secondary N) is 1. The molecule has 1 heterocycles. The van der Waals surface area contributed by atoms with Crippen molar-refractivity contribution in [2.24, 2.45) is 0 Å². The lowest BCUT2D eigenvalue weighted by atomic mass is 9.99. The van der Waals surface area contributed by atoms with Crippen molar-refractivity contribution in [3.63, 3.8) is 0 Å². The minimum absolute atomic E-state index is 0.220. The van der Waals surface area contributed by atoms with E-state index in [1.165, 1.54) is 148 Å². The van der Waals surface area contributed by atoms with Crippen LogP contribution < -0.4 is 5.32 Å². The van der Waals surface area contributed by atoms with Gasteiger partial charge in [0.2, 0.25) is 5.91 Å². The van der Waals surface area contributed by atoms with Crippen LogP contribution in [0.4, 0.5) is 0 Å². The standard InChI is InChI=1S/C88H145NO8/c1-3-5-7-9-11-13-15-17-19-21-23-25-27-29-31-33-35-37-38-39-40-41-42-43-44-46-48-50-52-54-56-58-60-62-64-66-68-70-72-74-76-78-84(92)89-81(80-96-88-87(95)86(94)85(93)83(79-90)97-88)82(91)77-75-73-71-69-67-65-63-61-59-57-55-53-51-49-47-45-36-34-32-30-28-26-24-22-20-18-16-14-12-10-8-6-4-2/h5,7,11,13,17,19,23,25,29,31,35,37,39-40,42-43,46,48,52,54,58-61,64,66-67,69,75,77,81-83,85-88,90-91,93-95H,3-4,6,8-10,12,14-16,18,20-22,24,26-28,30,32-34,36,38,41,44-45,47,49-51,53,55-57,62-63,65,68,70-74,76,78-80H2,1-2H3,(H,89,92)/b7-5-,13-11-,19-17-,25-23-,31-29-,37-35-,40-39-,43-42-,48-46-,54-52-,60-58-,61-59+,66-64-,69-67+,77-75+. The average Bonchev–Trinajstić information content (AvgIpc) is 0.854. The van der Waals surface area contributed by atoms with E-state index in [2.05, 4.69) is 189 Å². The maximum absolute atomic E-state index is 13.1. The molecule has 550 valence electrons. The van der Waals surface area contributed by atoms with E-state index in [4.69, 9.17) is 9.47 Å². The highest BCUT2D eigenvalue weighted by Crippen LogP contribution is 2.23. The summed E-state index contributed by atoms with van der Waals surface area (Å²) >= 11 is 0. The molecule has 0 aliphatic carbocycles. The third-order valence-electron chi connectivity index (χ3n) is 17.4. The van der Waals surface area contributed by atoms with Crippen molar-refractivity contribution in [3.8, 4) is 0 Å². The van der Waals surface area contributed by atoms with Gasteiger partial charge in [-0.25, -0.2) is 0 Å². The summed E-state index contributed by atoms with van der Waals surface area (Å²) in [5, 5.41) is 54.8. The van der Waals surface area contributed by atoms with Crippen molar-refractivity contribution in [2.75, 3.05) is 13.2 Å². The van der Waals surface area contributed by atoms with Gasteiger partial charge >= 0.3 is 0 Å². The number of rotatable bonds is 67. The zero-order valence-electron chi connectivity index (χ0n) is 61.8. The molecule has 0 aromatic heterocycles. The van der Waals surface area contributed by atoms with E-state index < -0.39 is 49.5 Å². The highest BCUT2D eigenvalue weighted by molar-refractivity contribution is 5.76. The molecule has 1 aliphatic rings. The van der Waals surface area contributed by atoms with Crippen LogP contribution in [0.25, 0.3) is 0 Å². The van der Waals surface area contributed by atoms with E-state index in [-0.39, 0.29) is 12.5 Å². The van der Waals surface area contributed by atoms with E-state index in [9.17, 15) is 30.3 Å². The van der Waals surface area contributed by atoms with Crippen LogP contribution in [-0.4, -0.2) is 87.5 Å². The van der Waals surface area contributed by atoms with Crippen LogP contribution in [0.15, 0.2) is 182 Å². The average molecular weight is 1350 g/mol. The molecule has 0 radical (unpaired) electrons. The quantitative estimate of drug-likeness (QED) is 0.0261. The lowest BCUT2D eigenvalue weighted by Gasteiger charge is -2.40.